The van der Waals surface area contributed by atoms with Crippen molar-refractivity contribution in [3.8, 4) is 0 Å². The van der Waals surface area contributed by atoms with E-state index >= 15 is 0 Å². The number of epoxide rings is 1. The fourth-order valence-electron chi connectivity index (χ4n) is 1.40. The molecule has 1 atom stereocenters. The lowest BCUT2D eigenvalue weighted by atomic mass is 10.1. The predicted octanol–water partition coefficient (Wildman–Crippen LogP) is 1.07. The van der Waals surface area contributed by atoms with Crippen molar-refractivity contribution in [1.29, 1.82) is 0 Å². The van der Waals surface area contributed by atoms with Crippen molar-refractivity contribution in [3.05, 3.63) is 23.4 Å². The summed E-state index contributed by atoms with van der Waals surface area (Å²) in [7, 11) is 0. The van der Waals surface area contributed by atoms with Gasteiger partial charge in [-0.1, -0.05) is 19.9 Å². The van der Waals surface area contributed by atoms with Crippen molar-refractivity contribution < 1.29 is 4.74 Å². The molecule has 1 unspecified atom stereocenters. The van der Waals surface area contributed by atoms with E-state index in [2.05, 4.69) is 10.1 Å². The molecule has 1 aromatic rings. The molecule has 0 bridgehead atoms. The minimum Gasteiger partial charge on any atom is -0.368 e. The molecule has 1 saturated heterocycles. The maximum atomic E-state index is 5.63. The van der Waals surface area contributed by atoms with Gasteiger partial charge in [0.15, 0.2) is 0 Å². The summed E-state index contributed by atoms with van der Waals surface area (Å²) in [5, 5.41) is 4.59. The molecule has 1 fully saturated rings. The van der Waals surface area contributed by atoms with Gasteiger partial charge in [-0.05, 0) is 13.0 Å². The van der Waals surface area contributed by atoms with Crippen molar-refractivity contribution in [2.75, 3.05) is 11.6 Å². The second kappa shape index (κ2) is 6.17. The predicted molar refractivity (Wildman–Crippen MR) is 68.4 cm³/mol. The monoisotopic (exact) mass is 237 g/mol. The van der Waals surface area contributed by atoms with Crippen molar-refractivity contribution in [3.63, 3.8) is 0 Å². The molecule has 2 rings (SSSR count). The fourth-order valence-corrected chi connectivity index (χ4v) is 1.40. The van der Waals surface area contributed by atoms with Crippen LogP contribution < -0.4 is 16.7 Å². The highest BCUT2D eigenvalue weighted by Gasteiger charge is 2.27. The normalized spacial score (nSPS) is 17.5. The first kappa shape index (κ1) is 13.4. The maximum Gasteiger partial charge on any atom is 0.148 e. The molecular weight excluding hydrogens is 218 g/mol. The largest absolute Gasteiger partial charge is 0.368 e. The van der Waals surface area contributed by atoms with E-state index in [9.17, 15) is 0 Å². The van der Waals surface area contributed by atoms with E-state index in [-0.39, 0.29) is 6.10 Å². The van der Waals surface area contributed by atoms with Crippen LogP contribution in [-0.4, -0.2) is 17.9 Å². The second-order valence-corrected chi connectivity index (χ2v) is 3.34. The molecule has 6 nitrogen and oxygen atoms in total. The topological polar surface area (TPSA) is 93.1 Å². The number of rotatable bonds is 3. The number of aryl methyl sites for hydroxylation is 1. The lowest BCUT2D eigenvalue weighted by molar-refractivity contribution is 0.414. The third kappa shape index (κ3) is 3.40. The number of ether oxygens (including phenoxy) is 1. The van der Waals surface area contributed by atoms with Crippen LogP contribution in [0, 0.1) is 6.92 Å². The van der Waals surface area contributed by atoms with E-state index in [0.717, 1.165) is 17.9 Å². The highest BCUT2D eigenvalue weighted by molar-refractivity contribution is 5.75. The lowest BCUT2D eigenvalue weighted by Gasteiger charge is -2.12. The first-order valence-corrected chi connectivity index (χ1v) is 5.59. The number of aromatic nitrogens is 1. The first-order valence-electron chi connectivity index (χ1n) is 5.59. The Morgan fingerprint density at radius 2 is 2.18 bits per heavy atom. The summed E-state index contributed by atoms with van der Waals surface area (Å²) in [5.74, 6) is 11.2. The van der Waals surface area contributed by atoms with Gasteiger partial charge in [-0.3, -0.25) is 0 Å². The minimum atomic E-state index is 0.209. The average Bonchev–Trinajstić information content (AvgIpc) is 3.16. The van der Waals surface area contributed by atoms with Gasteiger partial charge in [-0.2, -0.15) is 5.10 Å². The molecule has 17 heavy (non-hydrogen) atoms. The van der Waals surface area contributed by atoms with Crippen LogP contribution in [0.15, 0.2) is 17.2 Å². The Balaban J connectivity index is 0.000000686. The number of nitrogens with zero attached hydrogens (tertiary/aromatic N) is 3. The van der Waals surface area contributed by atoms with Crippen LogP contribution in [0.2, 0.25) is 0 Å². The molecule has 0 saturated carbocycles. The Labute approximate surface area is 101 Å². The molecule has 0 spiro atoms. The molecule has 6 heteroatoms. The lowest BCUT2D eigenvalue weighted by Crippen LogP contribution is -2.30. The Morgan fingerprint density at radius 1 is 1.53 bits per heavy atom. The third-order valence-electron chi connectivity index (χ3n) is 2.25. The summed E-state index contributed by atoms with van der Waals surface area (Å²) in [6, 6.07) is 3.77. The number of hydrogen-bond donors (Lipinski definition) is 2. The summed E-state index contributed by atoms with van der Waals surface area (Å²) >= 11 is 0. The van der Waals surface area contributed by atoms with Gasteiger partial charge in [0.1, 0.15) is 18.3 Å². The van der Waals surface area contributed by atoms with Gasteiger partial charge in [-0.15, -0.1) is 0 Å². The van der Waals surface area contributed by atoms with Crippen molar-refractivity contribution in [2.45, 2.75) is 26.9 Å². The first-order chi connectivity index (χ1) is 8.22. The van der Waals surface area contributed by atoms with Crippen LogP contribution in [-0.2, 0) is 4.74 Å². The number of anilines is 1. The van der Waals surface area contributed by atoms with E-state index in [1.54, 1.807) is 0 Å². The Morgan fingerprint density at radius 3 is 2.65 bits per heavy atom. The molecule has 0 amide bonds. The average molecular weight is 237 g/mol. The molecule has 94 valence electrons. The van der Waals surface area contributed by atoms with E-state index in [1.165, 1.54) is 11.3 Å². The van der Waals surface area contributed by atoms with Crippen LogP contribution in [0.3, 0.4) is 0 Å². The summed E-state index contributed by atoms with van der Waals surface area (Å²) in [6.45, 7) is 6.70. The van der Waals surface area contributed by atoms with Gasteiger partial charge in [0.05, 0.1) is 6.61 Å². The van der Waals surface area contributed by atoms with Gasteiger partial charge >= 0.3 is 0 Å². The number of pyridine rings is 1. The smallest absolute Gasteiger partial charge is 0.148 e. The number of hydrogen-bond acceptors (Lipinski definition) is 5. The third-order valence-corrected chi connectivity index (χ3v) is 2.25. The van der Waals surface area contributed by atoms with Gasteiger partial charge in [0.2, 0.25) is 0 Å². The quantitative estimate of drug-likeness (QED) is 0.270. The molecule has 1 aliphatic heterocycles. The van der Waals surface area contributed by atoms with Crippen LogP contribution in [0.1, 0.15) is 31.2 Å². The molecule has 1 aliphatic rings. The van der Waals surface area contributed by atoms with Crippen LogP contribution >= 0.6 is 0 Å². The second-order valence-electron chi connectivity index (χ2n) is 3.34. The van der Waals surface area contributed by atoms with Crippen molar-refractivity contribution in [1.82, 2.24) is 4.98 Å². The van der Waals surface area contributed by atoms with Crippen molar-refractivity contribution >= 4 is 12.2 Å². The van der Waals surface area contributed by atoms with E-state index in [0.29, 0.717) is 5.82 Å². The molecule has 0 radical (unpaired) electrons. The minimum absolute atomic E-state index is 0.209. The molecule has 4 N–H and O–H groups in total. The zero-order valence-electron chi connectivity index (χ0n) is 10.4. The Bertz CT molecular complexity index is 389. The van der Waals surface area contributed by atoms with Gasteiger partial charge < -0.3 is 10.6 Å². The fraction of sp³-hybridized carbons (Fsp3) is 0.455. The summed E-state index contributed by atoms with van der Waals surface area (Å²) in [6.07, 6.45) is 1.51. The van der Waals surface area contributed by atoms with Crippen LogP contribution in [0.5, 0.6) is 0 Å². The van der Waals surface area contributed by atoms with Gasteiger partial charge in [0.25, 0.3) is 0 Å². The van der Waals surface area contributed by atoms with Crippen LogP contribution in [0.25, 0.3) is 0 Å². The molecule has 0 aromatic carbocycles. The highest BCUT2D eigenvalue weighted by Crippen LogP contribution is 2.31. The summed E-state index contributed by atoms with van der Waals surface area (Å²) in [4.78, 5) is 4.33. The number of hydrazone groups is 1. The summed E-state index contributed by atoms with van der Waals surface area (Å²) < 4.78 is 5.19. The highest BCUT2D eigenvalue weighted by atomic mass is 16.6. The number of nitrogens with two attached hydrogens (primary N) is 2. The van der Waals surface area contributed by atoms with Crippen LogP contribution in [0.4, 0.5) is 5.82 Å². The van der Waals surface area contributed by atoms with Crippen molar-refractivity contribution in [2.24, 2.45) is 16.8 Å². The zero-order chi connectivity index (χ0) is 12.8. The Hall–Kier alpha value is -1.66. The molecule has 2 heterocycles. The summed E-state index contributed by atoms with van der Waals surface area (Å²) in [5.41, 5.74) is 2.02. The van der Waals surface area contributed by atoms with Gasteiger partial charge in [0, 0.05) is 11.3 Å². The molecule has 1 aromatic heterocycles. The van der Waals surface area contributed by atoms with E-state index < -0.39 is 0 Å². The molecular formula is C11H19N5O. The Kier molecular flexibility index (Phi) is 4.86. The van der Waals surface area contributed by atoms with E-state index in [4.69, 9.17) is 16.4 Å². The maximum absolute atomic E-state index is 5.63. The van der Waals surface area contributed by atoms with Gasteiger partial charge in [-0.25, -0.2) is 15.8 Å². The molecule has 0 aliphatic carbocycles. The zero-order valence-corrected chi connectivity index (χ0v) is 10.4. The number of hydrazine groups is 1. The SMILES string of the molecule is CC.Cc1nc(N(N)/C=N\N)ccc1C1CO1. The van der Waals surface area contributed by atoms with E-state index in [1.807, 2.05) is 32.9 Å². The standard InChI is InChI=1S/C9H13N5O.C2H6/c1-6-7(8-4-15-8)2-3-9(13-6)14(11)5-12-10;1-2/h2-3,5,8H,4,10-11H2,1H3;1-2H3/b12-5-;.